The van der Waals surface area contributed by atoms with Crippen LogP contribution in [0.15, 0.2) is 52.5 Å². The molecule has 0 amide bonds. The van der Waals surface area contributed by atoms with E-state index in [1.54, 1.807) is 11.8 Å². The number of aryl methyl sites for hydroxylation is 3. The van der Waals surface area contributed by atoms with Gasteiger partial charge in [-0.25, -0.2) is 4.98 Å². The summed E-state index contributed by atoms with van der Waals surface area (Å²) in [6.07, 6.45) is 3.31. The summed E-state index contributed by atoms with van der Waals surface area (Å²) < 4.78 is 2.29. The van der Waals surface area contributed by atoms with Crippen LogP contribution in [-0.4, -0.2) is 26.2 Å². The Balaban J connectivity index is 2.06. The van der Waals surface area contributed by atoms with Gasteiger partial charge in [-0.2, -0.15) is 0 Å². The molecular weight excluding hydrogens is 366 g/mol. The summed E-state index contributed by atoms with van der Waals surface area (Å²) in [6.45, 7) is 9.52. The van der Waals surface area contributed by atoms with Gasteiger partial charge in [-0.15, -0.1) is 0 Å². The maximum atomic E-state index is 9.34. The van der Waals surface area contributed by atoms with E-state index in [9.17, 15) is 5.11 Å². The number of aliphatic hydroxyl groups is 1. The quantitative estimate of drug-likeness (QED) is 0.573. The van der Waals surface area contributed by atoms with Crippen molar-refractivity contribution in [1.82, 2.24) is 14.5 Å². The minimum atomic E-state index is 0.174. The molecule has 2 heterocycles. The molecule has 0 fully saturated rings. The predicted molar refractivity (Wildman–Crippen MR) is 115 cm³/mol. The Labute approximate surface area is 172 Å². The highest BCUT2D eigenvalue weighted by Crippen LogP contribution is 2.36. The van der Waals surface area contributed by atoms with Crippen LogP contribution in [0.5, 0.6) is 0 Å². The summed E-state index contributed by atoms with van der Waals surface area (Å²) in [5.74, 6) is 1.35. The number of benzene rings is 1. The molecule has 3 rings (SSSR count). The van der Waals surface area contributed by atoms with Gasteiger partial charge in [-0.05, 0) is 61.6 Å². The van der Waals surface area contributed by atoms with Crippen molar-refractivity contribution in [3.63, 3.8) is 0 Å². The molecule has 0 spiro atoms. The number of aliphatic hydroxyl groups excluding tert-OH is 1. The molecule has 4 nitrogen and oxygen atoms in total. The molecule has 0 bridgehead atoms. The van der Waals surface area contributed by atoms with E-state index in [0.717, 1.165) is 23.6 Å². The number of rotatable bonds is 8. The molecule has 0 aliphatic carbocycles. The first kappa shape index (κ1) is 20.6. The number of pyridine rings is 1. The van der Waals surface area contributed by atoms with E-state index in [4.69, 9.17) is 4.98 Å². The fraction of sp³-hybridized carbons (Fsp3) is 0.391. The van der Waals surface area contributed by atoms with E-state index in [-0.39, 0.29) is 6.61 Å². The SMILES string of the molecule is Cc1cc(C)cc(Sc2c(C(C)C)nc(CCCO)n2Cc2ccccn2)c1. The molecule has 1 aromatic carbocycles. The molecule has 0 unspecified atom stereocenters. The van der Waals surface area contributed by atoms with Gasteiger partial charge in [0.15, 0.2) is 0 Å². The lowest BCUT2D eigenvalue weighted by molar-refractivity contribution is 0.287. The second-order valence-corrected chi connectivity index (χ2v) is 8.60. The van der Waals surface area contributed by atoms with Crippen LogP contribution in [0.25, 0.3) is 0 Å². The summed E-state index contributed by atoms with van der Waals surface area (Å²) >= 11 is 1.78. The first-order valence-corrected chi connectivity index (χ1v) is 10.7. The molecule has 28 heavy (non-hydrogen) atoms. The van der Waals surface area contributed by atoms with Gasteiger partial charge < -0.3 is 9.67 Å². The molecular formula is C23H29N3OS. The molecule has 0 aliphatic rings. The maximum Gasteiger partial charge on any atom is 0.110 e. The van der Waals surface area contributed by atoms with E-state index in [1.807, 2.05) is 18.3 Å². The van der Waals surface area contributed by atoms with Gasteiger partial charge in [0, 0.05) is 24.1 Å². The van der Waals surface area contributed by atoms with E-state index in [2.05, 4.69) is 61.5 Å². The maximum absolute atomic E-state index is 9.34. The smallest absolute Gasteiger partial charge is 0.110 e. The van der Waals surface area contributed by atoms with E-state index in [1.165, 1.54) is 21.0 Å². The standard InChI is InChI=1S/C23H29N3OS/c1-16(2)22-23(28-20-13-17(3)12-18(4)14-20)26(21(25-22)9-7-11-27)15-19-8-5-6-10-24-19/h5-6,8,10,12-14,16,27H,7,9,11,15H2,1-4H3. The summed E-state index contributed by atoms with van der Waals surface area (Å²) in [6, 6.07) is 12.7. The molecule has 0 radical (unpaired) electrons. The van der Waals surface area contributed by atoms with Crippen molar-refractivity contribution in [2.45, 2.75) is 62.9 Å². The number of nitrogens with zero attached hydrogens (tertiary/aromatic N) is 3. The van der Waals surface area contributed by atoms with Crippen molar-refractivity contribution < 1.29 is 5.11 Å². The van der Waals surface area contributed by atoms with Crippen molar-refractivity contribution in [2.24, 2.45) is 0 Å². The minimum absolute atomic E-state index is 0.174. The average Bonchev–Trinajstić information content (AvgIpc) is 2.97. The number of imidazole rings is 1. The van der Waals surface area contributed by atoms with E-state index < -0.39 is 0 Å². The van der Waals surface area contributed by atoms with Gasteiger partial charge in [0.2, 0.25) is 0 Å². The topological polar surface area (TPSA) is 50.9 Å². The van der Waals surface area contributed by atoms with Crippen LogP contribution < -0.4 is 0 Å². The molecule has 1 N–H and O–H groups in total. The molecule has 0 atom stereocenters. The lowest BCUT2D eigenvalue weighted by atomic mass is 10.1. The molecule has 0 saturated heterocycles. The summed E-state index contributed by atoms with van der Waals surface area (Å²) in [7, 11) is 0. The average molecular weight is 396 g/mol. The second kappa shape index (κ2) is 9.39. The minimum Gasteiger partial charge on any atom is -0.396 e. The van der Waals surface area contributed by atoms with Gasteiger partial charge >= 0.3 is 0 Å². The zero-order chi connectivity index (χ0) is 20.1. The highest BCUT2D eigenvalue weighted by atomic mass is 32.2. The fourth-order valence-corrected chi connectivity index (χ4v) is 4.71. The van der Waals surface area contributed by atoms with Crippen LogP contribution in [0.4, 0.5) is 0 Å². The van der Waals surface area contributed by atoms with Crippen molar-refractivity contribution in [3.8, 4) is 0 Å². The van der Waals surface area contributed by atoms with Gasteiger partial charge in [-0.3, -0.25) is 4.98 Å². The molecule has 0 saturated carbocycles. The third-order valence-electron chi connectivity index (χ3n) is 4.59. The summed E-state index contributed by atoms with van der Waals surface area (Å²) in [5, 5.41) is 10.5. The van der Waals surface area contributed by atoms with Crippen molar-refractivity contribution in [2.75, 3.05) is 6.61 Å². The third kappa shape index (κ3) is 5.03. The second-order valence-electron chi connectivity index (χ2n) is 7.53. The summed E-state index contributed by atoms with van der Waals surface area (Å²) in [5.41, 5.74) is 4.67. The zero-order valence-electron chi connectivity index (χ0n) is 17.1. The van der Waals surface area contributed by atoms with Crippen LogP contribution in [0.2, 0.25) is 0 Å². The van der Waals surface area contributed by atoms with Gasteiger partial charge in [-0.1, -0.05) is 37.7 Å². The van der Waals surface area contributed by atoms with Crippen LogP contribution in [0.3, 0.4) is 0 Å². The zero-order valence-corrected chi connectivity index (χ0v) is 18.0. The molecule has 148 valence electrons. The Kier molecular flexibility index (Phi) is 6.92. The largest absolute Gasteiger partial charge is 0.396 e. The molecule has 0 aliphatic heterocycles. The molecule has 2 aromatic heterocycles. The number of aromatic nitrogens is 3. The van der Waals surface area contributed by atoms with E-state index in [0.29, 0.717) is 18.9 Å². The third-order valence-corrected chi connectivity index (χ3v) is 5.68. The lowest BCUT2D eigenvalue weighted by Gasteiger charge is -2.14. The highest BCUT2D eigenvalue weighted by molar-refractivity contribution is 7.99. The van der Waals surface area contributed by atoms with Crippen molar-refractivity contribution >= 4 is 11.8 Å². The molecule has 5 heteroatoms. The van der Waals surface area contributed by atoms with Gasteiger partial charge in [0.1, 0.15) is 10.9 Å². The van der Waals surface area contributed by atoms with Crippen molar-refractivity contribution in [1.29, 1.82) is 0 Å². The van der Waals surface area contributed by atoms with Gasteiger partial charge in [0.25, 0.3) is 0 Å². The molecule has 3 aromatic rings. The van der Waals surface area contributed by atoms with Crippen molar-refractivity contribution in [3.05, 3.63) is 70.9 Å². The summed E-state index contributed by atoms with van der Waals surface area (Å²) in [4.78, 5) is 10.7. The van der Waals surface area contributed by atoms with E-state index >= 15 is 0 Å². The monoisotopic (exact) mass is 395 g/mol. The fourth-order valence-electron chi connectivity index (χ4n) is 3.33. The lowest BCUT2D eigenvalue weighted by Crippen LogP contribution is -2.08. The van der Waals surface area contributed by atoms with Crippen LogP contribution >= 0.6 is 11.8 Å². The Morgan fingerprint density at radius 2 is 1.86 bits per heavy atom. The Hall–Kier alpha value is -2.11. The van der Waals surface area contributed by atoms with Crippen LogP contribution in [0.1, 0.15) is 54.5 Å². The Bertz CT molecular complexity index is 899. The number of hydrogen-bond donors (Lipinski definition) is 1. The highest BCUT2D eigenvalue weighted by Gasteiger charge is 2.21. The van der Waals surface area contributed by atoms with Gasteiger partial charge in [0.05, 0.1) is 17.9 Å². The first-order chi connectivity index (χ1) is 13.5. The Morgan fingerprint density at radius 3 is 2.46 bits per heavy atom. The van der Waals surface area contributed by atoms with Crippen LogP contribution in [-0.2, 0) is 13.0 Å². The predicted octanol–water partition coefficient (Wildman–Crippen LogP) is 5.14. The number of hydrogen-bond acceptors (Lipinski definition) is 4. The normalized spacial score (nSPS) is 11.4. The first-order valence-electron chi connectivity index (χ1n) is 9.84. The Morgan fingerprint density at radius 1 is 1.11 bits per heavy atom. The van der Waals surface area contributed by atoms with Crippen LogP contribution in [0, 0.1) is 13.8 Å².